The maximum atomic E-state index is 6.04. The number of anilines is 2. The van der Waals surface area contributed by atoms with E-state index < -0.39 is 0 Å². The van der Waals surface area contributed by atoms with E-state index in [1.54, 1.807) is 0 Å². The summed E-state index contributed by atoms with van der Waals surface area (Å²) >= 11 is 0. The zero-order valence-electron chi connectivity index (χ0n) is 13.3. The highest BCUT2D eigenvalue weighted by Crippen LogP contribution is 2.32. The van der Waals surface area contributed by atoms with Crippen LogP contribution in [0.3, 0.4) is 0 Å². The largest absolute Gasteiger partial charge is 0.396 e. The number of nitrogens with zero attached hydrogens (tertiary/aromatic N) is 3. The Labute approximate surface area is 128 Å². The normalized spacial score (nSPS) is 31.3. The van der Waals surface area contributed by atoms with E-state index in [1.807, 2.05) is 18.3 Å². The van der Waals surface area contributed by atoms with Gasteiger partial charge in [0.2, 0.25) is 0 Å². The minimum Gasteiger partial charge on any atom is -0.396 e. The van der Waals surface area contributed by atoms with Crippen molar-refractivity contribution in [2.24, 2.45) is 11.8 Å². The number of pyridine rings is 1. The first-order valence-electron chi connectivity index (χ1n) is 8.34. The van der Waals surface area contributed by atoms with Crippen molar-refractivity contribution in [2.75, 3.05) is 36.8 Å². The van der Waals surface area contributed by atoms with Crippen molar-refractivity contribution in [3.8, 4) is 0 Å². The molecule has 0 spiro atoms. The van der Waals surface area contributed by atoms with Crippen LogP contribution in [0.25, 0.3) is 0 Å². The SMILES string of the molecule is CC1CCC(N2CCN(c3ncccc3N)CC2)CC1C. The molecule has 1 saturated carbocycles. The summed E-state index contributed by atoms with van der Waals surface area (Å²) in [5, 5.41) is 0. The molecule has 2 N–H and O–H groups in total. The Kier molecular flexibility index (Phi) is 4.34. The van der Waals surface area contributed by atoms with Crippen molar-refractivity contribution < 1.29 is 0 Å². The molecule has 1 saturated heterocycles. The molecule has 21 heavy (non-hydrogen) atoms. The van der Waals surface area contributed by atoms with Crippen molar-refractivity contribution in [3.05, 3.63) is 18.3 Å². The zero-order valence-corrected chi connectivity index (χ0v) is 13.3. The number of hydrogen-bond donors (Lipinski definition) is 1. The summed E-state index contributed by atoms with van der Waals surface area (Å²) in [4.78, 5) is 9.47. The molecule has 0 amide bonds. The van der Waals surface area contributed by atoms with Gasteiger partial charge in [0.05, 0.1) is 5.69 Å². The molecule has 1 aromatic heterocycles. The van der Waals surface area contributed by atoms with Gasteiger partial charge in [-0.3, -0.25) is 4.90 Å². The van der Waals surface area contributed by atoms with Crippen LogP contribution in [-0.4, -0.2) is 42.1 Å². The summed E-state index contributed by atoms with van der Waals surface area (Å²) in [5.74, 6) is 2.73. The number of nitrogen functional groups attached to an aromatic ring is 1. The van der Waals surface area contributed by atoms with Gasteiger partial charge in [-0.1, -0.05) is 13.8 Å². The minimum atomic E-state index is 0.791. The molecule has 4 nitrogen and oxygen atoms in total. The molecule has 3 rings (SSSR count). The van der Waals surface area contributed by atoms with Gasteiger partial charge in [0, 0.05) is 38.4 Å². The van der Waals surface area contributed by atoms with E-state index in [-0.39, 0.29) is 0 Å². The fourth-order valence-electron chi connectivity index (χ4n) is 3.82. The predicted molar refractivity (Wildman–Crippen MR) is 88.4 cm³/mol. The monoisotopic (exact) mass is 288 g/mol. The molecular formula is C17H28N4. The molecule has 3 unspecified atom stereocenters. The molecule has 1 aliphatic carbocycles. The smallest absolute Gasteiger partial charge is 0.151 e. The Morgan fingerprint density at radius 1 is 1.10 bits per heavy atom. The summed E-state index contributed by atoms with van der Waals surface area (Å²) < 4.78 is 0. The molecular weight excluding hydrogens is 260 g/mol. The van der Waals surface area contributed by atoms with Gasteiger partial charge in [0.1, 0.15) is 0 Å². The van der Waals surface area contributed by atoms with E-state index in [0.717, 1.165) is 55.6 Å². The summed E-state index contributed by atoms with van der Waals surface area (Å²) in [6.07, 6.45) is 5.96. The van der Waals surface area contributed by atoms with E-state index >= 15 is 0 Å². The molecule has 2 heterocycles. The maximum absolute atomic E-state index is 6.04. The quantitative estimate of drug-likeness (QED) is 0.908. The van der Waals surface area contributed by atoms with Crippen LogP contribution < -0.4 is 10.6 Å². The van der Waals surface area contributed by atoms with Crippen molar-refractivity contribution >= 4 is 11.5 Å². The topological polar surface area (TPSA) is 45.4 Å². The van der Waals surface area contributed by atoms with E-state index in [9.17, 15) is 0 Å². The van der Waals surface area contributed by atoms with Gasteiger partial charge in [-0.25, -0.2) is 4.98 Å². The highest BCUT2D eigenvalue weighted by atomic mass is 15.3. The first kappa shape index (κ1) is 14.6. The van der Waals surface area contributed by atoms with E-state index in [2.05, 4.69) is 28.6 Å². The van der Waals surface area contributed by atoms with Gasteiger partial charge in [-0.15, -0.1) is 0 Å². The maximum Gasteiger partial charge on any atom is 0.151 e. The van der Waals surface area contributed by atoms with Crippen molar-refractivity contribution in [1.29, 1.82) is 0 Å². The van der Waals surface area contributed by atoms with Gasteiger partial charge in [-0.2, -0.15) is 0 Å². The number of nitrogens with two attached hydrogens (primary N) is 1. The van der Waals surface area contributed by atoms with Crippen LogP contribution in [0.2, 0.25) is 0 Å². The Morgan fingerprint density at radius 3 is 2.52 bits per heavy atom. The van der Waals surface area contributed by atoms with Gasteiger partial charge in [0.15, 0.2) is 5.82 Å². The van der Waals surface area contributed by atoms with Crippen LogP contribution >= 0.6 is 0 Å². The number of rotatable bonds is 2. The van der Waals surface area contributed by atoms with Gasteiger partial charge >= 0.3 is 0 Å². The lowest BCUT2D eigenvalue weighted by atomic mass is 9.78. The summed E-state index contributed by atoms with van der Waals surface area (Å²) in [5.41, 5.74) is 6.84. The number of piperazine rings is 1. The van der Waals surface area contributed by atoms with Crippen LogP contribution in [0.5, 0.6) is 0 Å². The number of aromatic nitrogens is 1. The van der Waals surface area contributed by atoms with Crippen LogP contribution in [0.1, 0.15) is 33.1 Å². The third kappa shape index (κ3) is 3.15. The third-order valence-corrected chi connectivity index (χ3v) is 5.52. The lowest BCUT2D eigenvalue weighted by Crippen LogP contribution is -2.52. The van der Waals surface area contributed by atoms with E-state index in [1.165, 1.54) is 19.3 Å². The van der Waals surface area contributed by atoms with Crippen LogP contribution in [0, 0.1) is 11.8 Å². The first-order valence-corrected chi connectivity index (χ1v) is 8.34. The van der Waals surface area contributed by atoms with Crippen molar-refractivity contribution in [1.82, 2.24) is 9.88 Å². The average molecular weight is 288 g/mol. The third-order valence-electron chi connectivity index (χ3n) is 5.52. The molecule has 1 aliphatic heterocycles. The second kappa shape index (κ2) is 6.22. The van der Waals surface area contributed by atoms with Gasteiger partial charge in [0.25, 0.3) is 0 Å². The second-order valence-electron chi connectivity index (χ2n) is 6.86. The molecule has 2 fully saturated rings. The molecule has 4 heteroatoms. The van der Waals surface area contributed by atoms with E-state index in [4.69, 9.17) is 5.73 Å². The molecule has 1 aromatic rings. The Balaban J connectivity index is 1.57. The van der Waals surface area contributed by atoms with Crippen LogP contribution in [-0.2, 0) is 0 Å². The van der Waals surface area contributed by atoms with Crippen molar-refractivity contribution in [2.45, 2.75) is 39.2 Å². The first-order chi connectivity index (χ1) is 10.1. The fourth-order valence-corrected chi connectivity index (χ4v) is 3.82. The lowest BCUT2D eigenvalue weighted by molar-refractivity contribution is 0.103. The molecule has 0 aromatic carbocycles. The van der Waals surface area contributed by atoms with Gasteiger partial charge in [-0.05, 0) is 43.2 Å². The number of hydrogen-bond acceptors (Lipinski definition) is 4. The Morgan fingerprint density at radius 2 is 1.86 bits per heavy atom. The fraction of sp³-hybridized carbons (Fsp3) is 0.706. The average Bonchev–Trinajstić information content (AvgIpc) is 2.51. The predicted octanol–water partition coefficient (Wildman–Crippen LogP) is 2.61. The molecule has 116 valence electrons. The van der Waals surface area contributed by atoms with Crippen LogP contribution in [0.4, 0.5) is 11.5 Å². The van der Waals surface area contributed by atoms with Crippen LogP contribution in [0.15, 0.2) is 18.3 Å². The van der Waals surface area contributed by atoms with Crippen molar-refractivity contribution in [3.63, 3.8) is 0 Å². The summed E-state index contributed by atoms with van der Waals surface area (Å²) in [6, 6.07) is 4.64. The standard InChI is InChI=1S/C17H28N4/c1-13-5-6-15(12-14(13)2)20-8-10-21(11-9-20)17-16(18)4-3-7-19-17/h3-4,7,13-15H,5-6,8-12,18H2,1-2H3. The highest BCUT2D eigenvalue weighted by Gasteiger charge is 2.30. The van der Waals surface area contributed by atoms with E-state index in [0.29, 0.717) is 0 Å². The molecule has 3 atom stereocenters. The minimum absolute atomic E-state index is 0.791. The van der Waals surface area contributed by atoms with Gasteiger partial charge < -0.3 is 10.6 Å². The second-order valence-corrected chi connectivity index (χ2v) is 6.86. The molecule has 0 radical (unpaired) electrons. The Bertz CT molecular complexity index is 468. The molecule has 0 bridgehead atoms. The molecule has 2 aliphatic rings. The lowest BCUT2D eigenvalue weighted by Gasteiger charge is -2.43. The zero-order chi connectivity index (χ0) is 14.8. The summed E-state index contributed by atoms with van der Waals surface area (Å²) in [6.45, 7) is 9.19. The summed E-state index contributed by atoms with van der Waals surface area (Å²) in [7, 11) is 0. The Hall–Kier alpha value is -1.29. The highest BCUT2D eigenvalue weighted by molar-refractivity contribution is 5.62.